The maximum Gasteiger partial charge on any atom is 0.166 e. The quantitative estimate of drug-likeness (QED) is 0.777. The van der Waals surface area contributed by atoms with Crippen molar-refractivity contribution in [2.75, 3.05) is 18.5 Å². The molecule has 3 nitrogen and oxygen atoms in total. The number of carbonyl (C=O) groups excluding carboxylic acids is 1. The molecule has 0 aliphatic carbocycles. The number of hydrogen-bond acceptors (Lipinski definition) is 3. The van der Waals surface area contributed by atoms with E-state index in [1.165, 1.54) is 0 Å². The van der Waals surface area contributed by atoms with E-state index in [-0.39, 0.29) is 5.78 Å². The Kier molecular flexibility index (Phi) is 2.39. The van der Waals surface area contributed by atoms with Gasteiger partial charge in [0.25, 0.3) is 0 Å². The van der Waals surface area contributed by atoms with Crippen LogP contribution in [0.5, 0.6) is 5.75 Å². The highest BCUT2D eigenvalue weighted by atomic mass is 16.5. The molecule has 0 aromatic heterocycles. The molecule has 74 valence electrons. The molecule has 3 heteroatoms. The van der Waals surface area contributed by atoms with E-state index < -0.39 is 0 Å². The maximum atomic E-state index is 11.5. The predicted molar refractivity (Wildman–Crippen MR) is 55.0 cm³/mol. The van der Waals surface area contributed by atoms with Crippen LogP contribution in [0.15, 0.2) is 18.2 Å². The van der Waals surface area contributed by atoms with Gasteiger partial charge in [-0.2, -0.15) is 0 Å². The molecule has 2 rings (SSSR count). The number of anilines is 1. The molecule has 0 amide bonds. The van der Waals surface area contributed by atoms with Crippen molar-refractivity contribution in [3.8, 4) is 5.75 Å². The summed E-state index contributed by atoms with van der Waals surface area (Å²) in [6, 6.07) is 5.55. The first-order valence-corrected chi connectivity index (χ1v) is 4.85. The summed E-state index contributed by atoms with van der Waals surface area (Å²) in [5.74, 6) is 1.02. The van der Waals surface area contributed by atoms with Crippen molar-refractivity contribution in [2.24, 2.45) is 0 Å². The van der Waals surface area contributed by atoms with Gasteiger partial charge in [-0.15, -0.1) is 0 Å². The van der Waals surface area contributed by atoms with Crippen molar-refractivity contribution in [2.45, 2.75) is 13.3 Å². The summed E-state index contributed by atoms with van der Waals surface area (Å²) >= 11 is 0. The first-order valence-electron chi connectivity index (χ1n) is 4.85. The third kappa shape index (κ3) is 1.58. The van der Waals surface area contributed by atoms with Gasteiger partial charge in [0.05, 0.1) is 6.61 Å². The summed E-state index contributed by atoms with van der Waals surface area (Å²) in [7, 11) is 0. The fraction of sp³-hybridized carbons (Fsp3) is 0.364. The van der Waals surface area contributed by atoms with E-state index in [2.05, 4.69) is 5.32 Å². The van der Waals surface area contributed by atoms with E-state index >= 15 is 0 Å². The molecule has 0 spiro atoms. The summed E-state index contributed by atoms with van der Waals surface area (Å²) in [6.45, 7) is 3.31. The lowest BCUT2D eigenvalue weighted by molar-refractivity contribution is 0.0983. The lowest BCUT2D eigenvalue weighted by Gasteiger charge is -2.17. The highest BCUT2D eigenvalue weighted by molar-refractivity contribution is 6.03. The molecule has 0 fully saturated rings. The van der Waals surface area contributed by atoms with Crippen LogP contribution < -0.4 is 10.1 Å². The van der Waals surface area contributed by atoms with E-state index in [9.17, 15) is 4.79 Å². The molecule has 0 atom stereocenters. The van der Waals surface area contributed by atoms with Crippen LogP contribution in [0, 0.1) is 0 Å². The van der Waals surface area contributed by atoms with Crippen molar-refractivity contribution in [3.05, 3.63) is 23.8 Å². The lowest BCUT2D eigenvalue weighted by Crippen LogP contribution is -2.17. The number of benzene rings is 1. The van der Waals surface area contributed by atoms with E-state index in [4.69, 9.17) is 4.74 Å². The number of Topliss-reactive ketones (excluding diaryl/α,β-unsaturated/α-hetero) is 1. The molecule has 0 saturated carbocycles. The summed E-state index contributed by atoms with van der Waals surface area (Å²) in [4.78, 5) is 11.5. The lowest BCUT2D eigenvalue weighted by atomic mass is 10.0. The smallest absolute Gasteiger partial charge is 0.166 e. The van der Waals surface area contributed by atoms with Crippen molar-refractivity contribution in [1.29, 1.82) is 0 Å². The van der Waals surface area contributed by atoms with Gasteiger partial charge in [-0.3, -0.25) is 4.79 Å². The van der Waals surface area contributed by atoms with Crippen LogP contribution in [0.25, 0.3) is 0 Å². The number of carbonyl (C=O) groups is 1. The van der Waals surface area contributed by atoms with Gasteiger partial charge in [-0.1, -0.05) is 0 Å². The molecule has 1 aromatic carbocycles. The molecule has 14 heavy (non-hydrogen) atoms. The van der Waals surface area contributed by atoms with E-state index in [0.29, 0.717) is 13.0 Å². The minimum atomic E-state index is 0.210. The molecule has 1 N–H and O–H groups in total. The summed E-state index contributed by atoms with van der Waals surface area (Å²) in [6.07, 6.45) is 0.584. The van der Waals surface area contributed by atoms with Gasteiger partial charge in [-0.05, 0) is 19.1 Å². The Morgan fingerprint density at radius 2 is 2.36 bits per heavy atom. The Morgan fingerprint density at radius 3 is 3.14 bits per heavy atom. The van der Waals surface area contributed by atoms with E-state index in [1.54, 1.807) is 0 Å². The standard InChI is InChI=1S/C11H13NO2/c1-2-14-8-3-4-9-10(7-8)12-6-5-11(9)13/h3-4,7,12H,2,5-6H2,1H3. The second-order valence-corrected chi connectivity index (χ2v) is 3.24. The fourth-order valence-electron chi connectivity index (χ4n) is 1.61. The average molecular weight is 191 g/mol. The summed E-state index contributed by atoms with van der Waals surface area (Å²) < 4.78 is 5.36. The molecule has 1 heterocycles. The molecule has 1 aromatic rings. The van der Waals surface area contributed by atoms with Crippen molar-refractivity contribution < 1.29 is 9.53 Å². The Labute approximate surface area is 83.1 Å². The van der Waals surface area contributed by atoms with Gasteiger partial charge < -0.3 is 10.1 Å². The summed E-state index contributed by atoms with van der Waals surface area (Å²) in [5.41, 5.74) is 1.67. The van der Waals surface area contributed by atoms with Crippen LogP contribution in [0.4, 0.5) is 5.69 Å². The first-order chi connectivity index (χ1) is 6.81. The van der Waals surface area contributed by atoms with Gasteiger partial charge in [-0.25, -0.2) is 0 Å². The SMILES string of the molecule is CCOc1ccc2c(c1)NCCC2=O. The van der Waals surface area contributed by atoms with Crippen LogP contribution in [0.2, 0.25) is 0 Å². The Hall–Kier alpha value is -1.51. The van der Waals surface area contributed by atoms with E-state index in [0.717, 1.165) is 23.5 Å². The zero-order chi connectivity index (χ0) is 9.97. The van der Waals surface area contributed by atoms with Crippen LogP contribution in [-0.4, -0.2) is 18.9 Å². The third-order valence-corrected chi connectivity index (χ3v) is 2.27. The Balaban J connectivity index is 2.34. The zero-order valence-corrected chi connectivity index (χ0v) is 8.17. The zero-order valence-electron chi connectivity index (χ0n) is 8.17. The van der Waals surface area contributed by atoms with Crippen LogP contribution >= 0.6 is 0 Å². The van der Waals surface area contributed by atoms with E-state index in [1.807, 2.05) is 25.1 Å². The highest BCUT2D eigenvalue weighted by Gasteiger charge is 2.16. The van der Waals surface area contributed by atoms with Crippen LogP contribution in [0.3, 0.4) is 0 Å². The number of ether oxygens (including phenoxy) is 1. The third-order valence-electron chi connectivity index (χ3n) is 2.27. The number of nitrogens with one attached hydrogen (secondary N) is 1. The topological polar surface area (TPSA) is 38.3 Å². The molecule has 1 aliphatic heterocycles. The molecule has 1 aliphatic rings. The van der Waals surface area contributed by atoms with Gasteiger partial charge in [0, 0.05) is 30.3 Å². The molecule has 0 unspecified atom stereocenters. The largest absolute Gasteiger partial charge is 0.494 e. The molecular formula is C11H13NO2. The normalized spacial score (nSPS) is 14.5. The van der Waals surface area contributed by atoms with Gasteiger partial charge in [0.2, 0.25) is 0 Å². The van der Waals surface area contributed by atoms with Crippen molar-refractivity contribution in [3.63, 3.8) is 0 Å². The highest BCUT2D eigenvalue weighted by Crippen LogP contribution is 2.26. The van der Waals surface area contributed by atoms with Gasteiger partial charge >= 0.3 is 0 Å². The number of rotatable bonds is 2. The average Bonchev–Trinajstić information content (AvgIpc) is 2.18. The maximum absolute atomic E-state index is 11.5. The molecular weight excluding hydrogens is 178 g/mol. The van der Waals surface area contributed by atoms with Crippen LogP contribution in [0.1, 0.15) is 23.7 Å². The number of fused-ring (bicyclic) bond motifs is 1. The van der Waals surface area contributed by atoms with Gasteiger partial charge in [0.15, 0.2) is 5.78 Å². The summed E-state index contributed by atoms with van der Waals surface area (Å²) in [5, 5.41) is 3.19. The number of hydrogen-bond donors (Lipinski definition) is 1. The fourth-order valence-corrected chi connectivity index (χ4v) is 1.61. The molecule has 0 saturated heterocycles. The second kappa shape index (κ2) is 3.70. The monoisotopic (exact) mass is 191 g/mol. The second-order valence-electron chi connectivity index (χ2n) is 3.24. The van der Waals surface area contributed by atoms with Crippen molar-refractivity contribution in [1.82, 2.24) is 0 Å². The molecule has 0 radical (unpaired) electrons. The molecule has 0 bridgehead atoms. The minimum Gasteiger partial charge on any atom is -0.494 e. The van der Waals surface area contributed by atoms with Crippen LogP contribution in [-0.2, 0) is 0 Å². The number of ketones is 1. The Morgan fingerprint density at radius 1 is 1.50 bits per heavy atom. The Bertz CT molecular complexity index is 360. The van der Waals surface area contributed by atoms with Crippen molar-refractivity contribution >= 4 is 11.5 Å². The minimum absolute atomic E-state index is 0.210. The first kappa shape index (κ1) is 9.06. The predicted octanol–water partition coefficient (Wildman–Crippen LogP) is 2.08. The van der Waals surface area contributed by atoms with Gasteiger partial charge in [0.1, 0.15) is 5.75 Å².